The predicted octanol–water partition coefficient (Wildman–Crippen LogP) is 4.00. The lowest BCUT2D eigenvalue weighted by molar-refractivity contribution is 1.86. The Kier molecular flexibility index (Phi) is 1.67. The first-order valence-electron chi connectivity index (χ1n) is 3.11. The highest BCUT2D eigenvalue weighted by Gasteiger charge is 1.86. The first-order chi connectivity index (χ1) is 4.97. The van der Waals surface area contributed by atoms with E-state index >= 15 is 0 Å². The van der Waals surface area contributed by atoms with Crippen LogP contribution in [0.15, 0.2) is 35.6 Å². The van der Waals surface area contributed by atoms with Crippen molar-refractivity contribution in [3.8, 4) is 0 Å². The summed E-state index contributed by atoms with van der Waals surface area (Å²) in [6, 6.07) is 8.53. The second kappa shape index (κ2) is 2.66. The largest absolute Gasteiger partial charge is 0.0708 e. The van der Waals surface area contributed by atoms with Crippen LogP contribution in [0.1, 0.15) is 0 Å². The minimum absolute atomic E-state index is 1.34. The Morgan fingerprint density at radius 1 is 1.10 bits per heavy atom. The van der Waals surface area contributed by atoms with Crippen molar-refractivity contribution >= 4 is 26.9 Å². The Balaban J connectivity index is 2.89. The molecule has 0 unspecified atom stereocenters. The molecule has 2 aromatic rings. The molecule has 0 nitrogen and oxygen atoms in total. The minimum Gasteiger partial charge on any atom is -0.0708 e. The topological polar surface area (TPSA) is 0 Å². The smallest absolute Gasteiger partial charge is 0.00970 e. The van der Waals surface area contributed by atoms with Crippen LogP contribution < -0.4 is 0 Å². The summed E-state index contributed by atoms with van der Waals surface area (Å²) in [5.41, 5.74) is 2.25. The summed E-state index contributed by atoms with van der Waals surface area (Å²) in [6.07, 6.45) is 0. The van der Waals surface area contributed by atoms with Gasteiger partial charge in [0.15, 0.2) is 0 Å². The van der Waals surface area contributed by atoms with Crippen LogP contribution in [0.25, 0.3) is 10.5 Å². The zero-order chi connectivity index (χ0) is 6.81. The number of hydrogen-bond donors (Lipinski definition) is 0. The molecule has 1 aromatic carbocycles. The van der Waals surface area contributed by atoms with E-state index < -0.39 is 0 Å². The highest BCUT2D eigenvalue weighted by molar-refractivity contribution is 7.47. The van der Waals surface area contributed by atoms with E-state index in [1.54, 1.807) is 0 Å². The van der Waals surface area contributed by atoms with Crippen molar-refractivity contribution in [3.05, 3.63) is 35.6 Å². The van der Waals surface area contributed by atoms with Gasteiger partial charge in [0.05, 0.1) is 0 Å². The van der Waals surface area contributed by atoms with Crippen LogP contribution in [0.2, 0.25) is 0 Å². The fourth-order valence-corrected chi connectivity index (χ4v) is 2.90. The Bertz CT molecular complexity index is 278. The Morgan fingerprint density at radius 3 is 2.90 bits per heavy atom. The second-order valence-electron chi connectivity index (χ2n) is 2.08. The van der Waals surface area contributed by atoms with Crippen LogP contribution in [0.3, 0.4) is 0 Å². The van der Waals surface area contributed by atoms with Gasteiger partial charge in [-0.3, -0.25) is 0 Å². The van der Waals surface area contributed by atoms with Gasteiger partial charge >= 0.3 is 0 Å². The number of rotatable bonds is 0. The molecule has 0 aliphatic heterocycles. The van der Waals surface area contributed by atoms with Gasteiger partial charge in [0.2, 0.25) is 0 Å². The van der Waals surface area contributed by atoms with Crippen LogP contribution in [-0.4, -0.2) is 0 Å². The zero-order valence-electron chi connectivity index (χ0n) is 5.36. The zero-order valence-corrected chi connectivity index (χ0v) is 7.15. The molecule has 0 saturated heterocycles. The molecule has 0 fully saturated rings. The van der Waals surface area contributed by atoms with Crippen molar-refractivity contribution in [2.75, 3.05) is 0 Å². The number of benzene rings is 1. The van der Waals surface area contributed by atoms with Crippen LogP contribution in [-0.2, 0) is 0 Å². The normalized spacial score (nSPS) is 11.6. The molecule has 2 rings (SSSR count). The van der Waals surface area contributed by atoms with Gasteiger partial charge in [-0.25, -0.2) is 0 Å². The lowest BCUT2D eigenvalue weighted by Gasteiger charge is -1.91. The molecule has 10 heavy (non-hydrogen) atoms. The van der Waals surface area contributed by atoms with Crippen molar-refractivity contribution in [2.24, 2.45) is 0 Å². The lowest BCUT2D eigenvalue weighted by atomic mass is 10.3. The van der Waals surface area contributed by atoms with E-state index in [1.165, 1.54) is 26.9 Å². The molecule has 1 aromatic heterocycles. The van der Waals surface area contributed by atoms with Crippen LogP contribution in [0.5, 0.6) is 0 Å². The van der Waals surface area contributed by atoms with E-state index in [9.17, 15) is 0 Å². The van der Waals surface area contributed by atoms with Crippen molar-refractivity contribution in [3.63, 3.8) is 0 Å². The van der Waals surface area contributed by atoms with Crippen molar-refractivity contribution in [2.45, 2.75) is 0 Å². The van der Waals surface area contributed by atoms with Gasteiger partial charge in [0.25, 0.3) is 0 Å². The highest BCUT2D eigenvalue weighted by atomic mass is 31.1. The van der Waals surface area contributed by atoms with Crippen molar-refractivity contribution in [1.82, 2.24) is 0 Å². The van der Waals surface area contributed by atoms with Crippen LogP contribution in [0, 0.1) is 0 Å². The monoisotopic (exact) mass is 164 g/mol. The molecule has 0 spiro atoms. The molecule has 2 heteroatoms. The lowest BCUT2D eigenvalue weighted by Crippen LogP contribution is -1.60. The summed E-state index contributed by atoms with van der Waals surface area (Å²) >= 11 is 0. The van der Waals surface area contributed by atoms with Gasteiger partial charge in [-0.1, -0.05) is 34.6 Å². The van der Waals surface area contributed by atoms with Gasteiger partial charge in [0, 0.05) is 5.12 Å². The Hall–Kier alpha value is -0.440. The molecular formula is C8H6P2. The molecule has 48 valence electrons. The maximum Gasteiger partial charge on any atom is 0.00970 e. The van der Waals surface area contributed by atoms with Gasteiger partial charge in [-0.2, -0.15) is 0 Å². The molecule has 0 atom stereocenters. The molecule has 0 radical (unpaired) electrons. The summed E-state index contributed by atoms with van der Waals surface area (Å²) < 4.78 is 0. The van der Waals surface area contributed by atoms with Gasteiger partial charge in [0.1, 0.15) is 0 Å². The van der Waals surface area contributed by atoms with Crippen molar-refractivity contribution in [1.29, 1.82) is 0 Å². The molecule has 0 amide bonds. The summed E-state index contributed by atoms with van der Waals surface area (Å²) in [5.74, 6) is 2.24. The molecule has 1 heterocycles. The number of hydrogen-bond acceptors (Lipinski definition) is 0. The average molecular weight is 164 g/mol. The molecule has 0 aliphatic carbocycles. The number of fused-ring (bicyclic) bond motifs is 1. The van der Waals surface area contributed by atoms with E-state index in [2.05, 4.69) is 35.6 Å². The maximum absolute atomic E-state index is 2.25. The summed E-state index contributed by atoms with van der Waals surface area (Å²) in [5, 5.41) is 2.83. The van der Waals surface area contributed by atoms with E-state index in [4.69, 9.17) is 0 Å². The standard InChI is InChI=1S/C8H6P2/c1-2-4-8-7(3-1)5-9-6-10-8/h1-6H. The molecule has 0 aliphatic rings. The van der Waals surface area contributed by atoms with Crippen LogP contribution >= 0.6 is 16.4 Å². The maximum atomic E-state index is 2.25. The average Bonchev–Trinajstić information content (AvgIpc) is 2.05. The quantitative estimate of drug-likeness (QED) is 0.552. The molecule has 0 N–H and O–H groups in total. The van der Waals surface area contributed by atoms with Gasteiger partial charge < -0.3 is 0 Å². The molecule has 0 bridgehead atoms. The SMILES string of the molecule is c1ccc2pcpcc2c1. The third-order valence-corrected chi connectivity index (χ3v) is 3.52. The fourth-order valence-electron chi connectivity index (χ4n) is 0.923. The Labute approximate surface area is 63.1 Å². The highest BCUT2D eigenvalue weighted by Crippen LogP contribution is 2.26. The van der Waals surface area contributed by atoms with Gasteiger partial charge in [-0.15, -0.1) is 0 Å². The third kappa shape index (κ3) is 1.06. The summed E-state index contributed by atoms with van der Waals surface area (Å²) in [7, 11) is 2.70. The van der Waals surface area contributed by atoms with Crippen LogP contribution in [0.4, 0.5) is 0 Å². The third-order valence-electron chi connectivity index (χ3n) is 1.41. The van der Waals surface area contributed by atoms with E-state index in [0.29, 0.717) is 0 Å². The van der Waals surface area contributed by atoms with E-state index in [0.717, 1.165) is 0 Å². The van der Waals surface area contributed by atoms with Crippen molar-refractivity contribution < 1.29 is 0 Å². The van der Waals surface area contributed by atoms with Gasteiger partial charge in [-0.05, 0) is 22.8 Å². The molecule has 0 saturated carbocycles. The molecular weight excluding hydrogens is 158 g/mol. The first-order valence-corrected chi connectivity index (χ1v) is 5.11. The summed E-state index contributed by atoms with van der Waals surface area (Å²) in [4.78, 5) is 0. The Morgan fingerprint density at radius 2 is 2.00 bits per heavy atom. The minimum atomic E-state index is 1.34. The predicted molar refractivity (Wildman–Crippen MR) is 49.0 cm³/mol. The second-order valence-corrected chi connectivity index (χ2v) is 4.30. The van der Waals surface area contributed by atoms with E-state index in [1.807, 2.05) is 0 Å². The van der Waals surface area contributed by atoms with E-state index in [-0.39, 0.29) is 0 Å². The first kappa shape index (κ1) is 6.28. The fraction of sp³-hybridized carbons (Fsp3) is 0. The summed E-state index contributed by atoms with van der Waals surface area (Å²) in [6.45, 7) is 0.